The maximum atomic E-state index is 5.38. The molecule has 0 aromatic heterocycles. The van der Waals surface area contributed by atoms with E-state index in [4.69, 9.17) is 9.47 Å². The summed E-state index contributed by atoms with van der Waals surface area (Å²) in [5.74, 6) is 1.26. The van der Waals surface area contributed by atoms with Gasteiger partial charge in [-0.3, -0.25) is 0 Å². The second kappa shape index (κ2) is 4.07. The van der Waals surface area contributed by atoms with Gasteiger partial charge < -0.3 is 9.47 Å². The molecule has 0 saturated carbocycles. The Morgan fingerprint density at radius 2 is 1.93 bits per heavy atom. The van der Waals surface area contributed by atoms with Crippen molar-refractivity contribution in [3.05, 3.63) is 41.5 Å². The standard InChI is InChI=1S/C13H16O2/c1-9(14-2)12-8-13(15-3)11-7-5-4-6-10(11)12/h4-9,12H,1-3H3. The van der Waals surface area contributed by atoms with Crippen LogP contribution in [0.2, 0.25) is 0 Å². The van der Waals surface area contributed by atoms with Crippen molar-refractivity contribution in [3.8, 4) is 0 Å². The quantitative estimate of drug-likeness (QED) is 0.753. The molecule has 0 aliphatic heterocycles. The van der Waals surface area contributed by atoms with Crippen molar-refractivity contribution < 1.29 is 9.47 Å². The van der Waals surface area contributed by atoms with Gasteiger partial charge in [-0.15, -0.1) is 0 Å². The number of benzene rings is 1. The molecular weight excluding hydrogens is 188 g/mol. The molecule has 0 fully saturated rings. The zero-order chi connectivity index (χ0) is 10.8. The highest BCUT2D eigenvalue weighted by molar-refractivity contribution is 5.70. The van der Waals surface area contributed by atoms with Crippen LogP contribution in [0.5, 0.6) is 0 Å². The Bertz CT molecular complexity index is 382. The molecule has 2 nitrogen and oxygen atoms in total. The number of rotatable bonds is 3. The number of methoxy groups -OCH3 is 2. The third kappa shape index (κ3) is 1.65. The predicted molar refractivity (Wildman–Crippen MR) is 60.6 cm³/mol. The molecule has 2 rings (SSSR count). The Morgan fingerprint density at radius 3 is 2.60 bits per heavy atom. The Hall–Kier alpha value is -1.28. The van der Waals surface area contributed by atoms with Crippen LogP contribution in [0, 0.1) is 0 Å². The van der Waals surface area contributed by atoms with E-state index in [-0.39, 0.29) is 6.10 Å². The SMILES string of the molecule is COC1=CC(C(C)OC)c2ccccc21. The van der Waals surface area contributed by atoms with E-state index in [1.807, 2.05) is 6.07 Å². The number of hydrogen-bond donors (Lipinski definition) is 0. The van der Waals surface area contributed by atoms with Crippen molar-refractivity contribution in [2.45, 2.75) is 18.9 Å². The first-order valence-electron chi connectivity index (χ1n) is 5.16. The molecule has 1 aromatic carbocycles. The van der Waals surface area contributed by atoms with Crippen LogP contribution in [-0.4, -0.2) is 20.3 Å². The fourth-order valence-corrected chi connectivity index (χ4v) is 2.07. The van der Waals surface area contributed by atoms with E-state index in [9.17, 15) is 0 Å². The van der Waals surface area contributed by atoms with E-state index in [1.165, 1.54) is 11.1 Å². The molecule has 1 aliphatic rings. The number of ether oxygens (including phenoxy) is 2. The van der Waals surface area contributed by atoms with Crippen LogP contribution in [0.4, 0.5) is 0 Å². The minimum atomic E-state index is 0.179. The van der Waals surface area contributed by atoms with Crippen molar-refractivity contribution in [1.29, 1.82) is 0 Å². The van der Waals surface area contributed by atoms with Crippen LogP contribution >= 0.6 is 0 Å². The maximum absolute atomic E-state index is 5.38. The molecule has 2 heteroatoms. The summed E-state index contributed by atoms with van der Waals surface area (Å²) in [6, 6.07) is 8.32. The summed E-state index contributed by atoms with van der Waals surface area (Å²) in [7, 11) is 3.45. The summed E-state index contributed by atoms with van der Waals surface area (Å²) in [5, 5.41) is 0. The zero-order valence-corrected chi connectivity index (χ0v) is 9.36. The van der Waals surface area contributed by atoms with Gasteiger partial charge in [0.2, 0.25) is 0 Å². The highest BCUT2D eigenvalue weighted by Gasteiger charge is 2.27. The van der Waals surface area contributed by atoms with E-state index < -0.39 is 0 Å². The van der Waals surface area contributed by atoms with Crippen LogP contribution in [-0.2, 0) is 9.47 Å². The summed E-state index contributed by atoms with van der Waals surface area (Å²) in [4.78, 5) is 0. The third-order valence-electron chi connectivity index (χ3n) is 3.01. The van der Waals surface area contributed by atoms with Crippen LogP contribution in [0.3, 0.4) is 0 Å². The Kier molecular flexibility index (Phi) is 2.78. The normalized spacial score (nSPS) is 20.7. The van der Waals surface area contributed by atoms with Crippen LogP contribution in [0.25, 0.3) is 5.76 Å². The second-order valence-corrected chi connectivity index (χ2v) is 3.79. The van der Waals surface area contributed by atoms with E-state index in [1.54, 1.807) is 14.2 Å². The van der Waals surface area contributed by atoms with Crippen LogP contribution in [0.15, 0.2) is 30.3 Å². The Labute approximate surface area is 90.5 Å². The molecule has 0 radical (unpaired) electrons. The summed E-state index contributed by atoms with van der Waals surface area (Å²) in [6.07, 6.45) is 2.32. The molecule has 0 N–H and O–H groups in total. The second-order valence-electron chi connectivity index (χ2n) is 3.79. The van der Waals surface area contributed by atoms with Crippen molar-refractivity contribution in [2.75, 3.05) is 14.2 Å². The fourth-order valence-electron chi connectivity index (χ4n) is 2.07. The molecule has 1 aliphatic carbocycles. The molecule has 1 aromatic rings. The van der Waals surface area contributed by atoms with Crippen LogP contribution in [0.1, 0.15) is 24.0 Å². The van der Waals surface area contributed by atoms with Gasteiger partial charge >= 0.3 is 0 Å². The molecule has 15 heavy (non-hydrogen) atoms. The third-order valence-corrected chi connectivity index (χ3v) is 3.01. The lowest BCUT2D eigenvalue weighted by molar-refractivity contribution is 0.107. The minimum Gasteiger partial charge on any atom is -0.496 e. The first-order chi connectivity index (χ1) is 7.27. The van der Waals surface area contributed by atoms with E-state index in [0.29, 0.717) is 5.92 Å². The summed E-state index contributed by atoms with van der Waals surface area (Å²) < 4.78 is 10.8. The molecule has 0 spiro atoms. The molecule has 2 atom stereocenters. The van der Waals surface area contributed by atoms with Gasteiger partial charge in [-0.1, -0.05) is 24.3 Å². The largest absolute Gasteiger partial charge is 0.496 e. The van der Waals surface area contributed by atoms with Gasteiger partial charge in [0.1, 0.15) is 5.76 Å². The Morgan fingerprint density at radius 1 is 1.20 bits per heavy atom. The van der Waals surface area contributed by atoms with Crippen molar-refractivity contribution >= 4 is 5.76 Å². The smallest absolute Gasteiger partial charge is 0.123 e. The van der Waals surface area contributed by atoms with Crippen LogP contribution < -0.4 is 0 Å². The monoisotopic (exact) mass is 204 g/mol. The highest BCUT2D eigenvalue weighted by atomic mass is 16.5. The Balaban J connectivity index is 2.41. The average Bonchev–Trinajstić information content (AvgIpc) is 2.67. The van der Waals surface area contributed by atoms with E-state index in [0.717, 1.165) is 5.76 Å². The van der Waals surface area contributed by atoms with Gasteiger partial charge in [0.15, 0.2) is 0 Å². The lowest BCUT2D eigenvalue weighted by Crippen LogP contribution is -2.13. The van der Waals surface area contributed by atoms with Gasteiger partial charge in [-0.05, 0) is 18.6 Å². The van der Waals surface area contributed by atoms with Crippen molar-refractivity contribution in [3.63, 3.8) is 0 Å². The van der Waals surface area contributed by atoms with Gasteiger partial charge in [0.25, 0.3) is 0 Å². The molecule has 0 bridgehead atoms. The molecule has 2 unspecified atom stereocenters. The average molecular weight is 204 g/mol. The number of hydrogen-bond acceptors (Lipinski definition) is 2. The molecule has 80 valence electrons. The topological polar surface area (TPSA) is 18.5 Å². The lowest BCUT2D eigenvalue weighted by atomic mass is 9.96. The number of fused-ring (bicyclic) bond motifs is 1. The van der Waals surface area contributed by atoms with Gasteiger partial charge in [0, 0.05) is 18.6 Å². The van der Waals surface area contributed by atoms with Crippen molar-refractivity contribution in [1.82, 2.24) is 0 Å². The molecule has 0 amide bonds. The summed E-state index contributed by atoms with van der Waals surface area (Å²) in [6.45, 7) is 2.08. The predicted octanol–water partition coefficient (Wildman–Crippen LogP) is 2.81. The van der Waals surface area contributed by atoms with E-state index >= 15 is 0 Å². The first-order valence-corrected chi connectivity index (χ1v) is 5.16. The van der Waals surface area contributed by atoms with Gasteiger partial charge in [0.05, 0.1) is 13.2 Å². The lowest BCUT2D eigenvalue weighted by Gasteiger charge is -2.17. The maximum Gasteiger partial charge on any atom is 0.123 e. The minimum absolute atomic E-state index is 0.179. The van der Waals surface area contributed by atoms with Crippen molar-refractivity contribution in [2.24, 2.45) is 0 Å². The van der Waals surface area contributed by atoms with E-state index in [2.05, 4.69) is 31.2 Å². The first kappa shape index (κ1) is 10.2. The summed E-state index contributed by atoms with van der Waals surface area (Å²) in [5.41, 5.74) is 2.48. The zero-order valence-electron chi connectivity index (χ0n) is 9.36. The highest BCUT2D eigenvalue weighted by Crippen LogP contribution is 2.38. The van der Waals surface area contributed by atoms with Gasteiger partial charge in [-0.2, -0.15) is 0 Å². The summed E-state index contributed by atoms with van der Waals surface area (Å²) >= 11 is 0. The molecule has 0 saturated heterocycles. The molecule has 0 heterocycles. The molecular formula is C13H16O2. The fraction of sp³-hybridized carbons (Fsp3) is 0.385. The van der Waals surface area contributed by atoms with Gasteiger partial charge in [-0.25, -0.2) is 0 Å².